The molecule has 1 aromatic heterocycles. The molecule has 1 aromatic carbocycles. The minimum Gasteiger partial charge on any atom is -0.382 e. The lowest BCUT2D eigenvalue weighted by atomic mass is 10.0. The zero-order valence-electron chi connectivity index (χ0n) is 13.8. The summed E-state index contributed by atoms with van der Waals surface area (Å²) >= 11 is 2.02. The number of fused-ring (bicyclic) bond motifs is 1. The number of piperidine rings is 1. The minimum atomic E-state index is -4.23. The van der Waals surface area contributed by atoms with E-state index in [1.807, 2.05) is 41.6 Å². The van der Waals surface area contributed by atoms with Crippen molar-refractivity contribution >= 4 is 39.2 Å². The Bertz CT molecular complexity index is 731. The summed E-state index contributed by atoms with van der Waals surface area (Å²) in [5.74, 6) is 0. The van der Waals surface area contributed by atoms with E-state index in [0.29, 0.717) is 15.3 Å². The fourth-order valence-corrected chi connectivity index (χ4v) is 4.10. The molecule has 0 aliphatic carbocycles. The minimum absolute atomic E-state index is 0.370. The highest BCUT2D eigenvalue weighted by atomic mass is 127. The molecular formula is C17H21F3IN3. The molecule has 1 N–H and O–H groups in total. The van der Waals surface area contributed by atoms with Gasteiger partial charge in [-0.15, -0.1) is 0 Å². The number of halogens is 4. The molecule has 3 rings (SSSR count). The van der Waals surface area contributed by atoms with E-state index in [4.69, 9.17) is 0 Å². The second-order valence-corrected chi connectivity index (χ2v) is 7.56. The quantitative estimate of drug-likeness (QED) is 0.688. The Balaban J connectivity index is 1.96. The van der Waals surface area contributed by atoms with Crippen LogP contribution in [0.5, 0.6) is 0 Å². The SMILES string of the molecule is Cc1c(I)n(CC(F)(F)F)c2cccc(NC3CCN(C)CC3)c12. The maximum absolute atomic E-state index is 12.9. The Morgan fingerprint density at radius 2 is 1.92 bits per heavy atom. The summed E-state index contributed by atoms with van der Waals surface area (Å²) in [5.41, 5.74) is 2.50. The standard InChI is InChI=1S/C17H21F3IN3/c1-11-15-13(22-12-6-8-23(2)9-7-12)4-3-5-14(15)24(16(11)21)10-17(18,19)20/h3-5,12,22H,6-10H2,1-2H3. The average molecular weight is 451 g/mol. The van der Waals surface area contributed by atoms with Crippen molar-refractivity contribution in [3.05, 3.63) is 27.5 Å². The van der Waals surface area contributed by atoms with Gasteiger partial charge in [-0.2, -0.15) is 13.2 Å². The molecule has 24 heavy (non-hydrogen) atoms. The molecule has 3 nitrogen and oxygen atoms in total. The second kappa shape index (κ2) is 6.74. The molecule has 0 unspecified atom stereocenters. The molecule has 0 saturated carbocycles. The first-order valence-corrected chi connectivity index (χ1v) is 9.13. The van der Waals surface area contributed by atoms with Crippen LogP contribution in [0.15, 0.2) is 18.2 Å². The summed E-state index contributed by atoms with van der Waals surface area (Å²) in [6.07, 6.45) is -2.13. The van der Waals surface area contributed by atoms with Crippen LogP contribution in [0, 0.1) is 10.6 Å². The number of hydrogen-bond acceptors (Lipinski definition) is 2. The van der Waals surface area contributed by atoms with E-state index in [2.05, 4.69) is 17.3 Å². The number of rotatable bonds is 3. The second-order valence-electron chi connectivity index (χ2n) is 6.54. The molecule has 1 aliphatic heterocycles. The third-order valence-electron chi connectivity index (χ3n) is 4.67. The molecule has 1 saturated heterocycles. The summed E-state index contributed by atoms with van der Waals surface area (Å²) in [4.78, 5) is 2.30. The molecule has 1 fully saturated rings. The van der Waals surface area contributed by atoms with Gasteiger partial charge in [-0.3, -0.25) is 0 Å². The van der Waals surface area contributed by atoms with Gasteiger partial charge in [-0.05, 0) is 80.2 Å². The number of hydrogen-bond donors (Lipinski definition) is 1. The molecule has 2 heterocycles. The first-order chi connectivity index (χ1) is 11.3. The normalized spacial score (nSPS) is 17.6. The molecule has 1 aliphatic rings. The Hall–Kier alpha value is -0.960. The van der Waals surface area contributed by atoms with Crippen molar-refractivity contribution in [2.45, 2.75) is 38.5 Å². The Morgan fingerprint density at radius 1 is 1.25 bits per heavy atom. The van der Waals surface area contributed by atoms with Gasteiger partial charge in [0, 0.05) is 17.1 Å². The maximum Gasteiger partial charge on any atom is 0.406 e. The van der Waals surface area contributed by atoms with Gasteiger partial charge < -0.3 is 14.8 Å². The van der Waals surface area contributed by atoms with Gasteiger partial charge in [0.15, 0.2) is 0 Å². The van der Waals surface area contributed by atoms with Gasteiger partial charge in [-0.25, -0.2) is 0 Å². The first kappa shape index (κ1) is 17.8. The maximum atomic E-state index is 12.9. The van der Waals surface area contributed by atoms with Crippen LogP contribution in [0.3, 0.4) is 0 Å². The van der Waals surface area contributed by atoms with Gasteiger partial charge in [0.25, 0.3) is 0 Å². The number of nitrogens with zero attached hydrogens (tertiary/aromatic N) is 2. The Labute approximate surface area is 153 Å². The van der Waals surface area contributed by atoms with Crippen molar-refractivity contribution in [1.29, 1.82) is 0 Å². The number of benzene rings is 1. The monoisotopic (exact) mass is 451 g/mol. The van der Waals surface area contributed by atoms with E-state index in [0.717, 1.165) is 42.6 Å². The Morgan fingerprint density at radius 3 is 2.54 bits per heavy atom. The largest absolute Gasteiger partial charge is 0.406 e. The summed E-state index contributed by atoms with van der Waals surface area (Å²) in [7, 11) is 2.11. The third-order valence-corrected chi connectivity index (χ3v) is 6.06. The Kier molecular flexibility index (Phi) is 5.01. The van der Waals surface area contributed by atoms with Crippen molar-refractivity contribution in [2.24, 2.45) is 0 Å². The van der Waals surface area contributed by atoms with Gasteiger partial charge in [-0.1, -0.05) is 6.07 Å². The van der Waals surface area contributed by atoms with Crippen LogP contribution in [0.25, 0.3) is 10.9 Å². The highest BCUT2D eigenvalue weighted by molar-refractivity contribution is 14.1. The zero-order chi connectivity index (χ0) is 17.5. The van der Waals surface area contributed by atoms with Crippen LogP contribution in [-0.2, 0) is 6.54 Å². The zero-order valence-corrected chi connectivity index (χ0v) is 15.9. The van der Waals surface area contributed by atoms with E-state index in [1.165, 1.54) is 4.57 Å². The van der Waals surface area contributed by atoms with E-state index < -0.39 is 12.7 Å². The smallest absolute Gasteiger partial charge is 0.382 e. The van der Waals surface area contributed by atoms with Crippen molar-refractivity contribution in [2.75, 3.05) is 25.5 Å². The number of alkyl halides is 3. The summed E-state index contributed by atoms with van der Waals surface area (Å²) < 4.78 is 40.8. The van der Waals surface area contributed by atoms with E-state index in [1.54, 1.807) is 6.07 Å². The molecule has 0 spiro atoms. The molecule has 0 atom stereocenters. The van der Waals surface area contributed by atoms with Crippen LogP contribution in [0.1, 0.15) is 18.4 Å². The van der Waals surface area contributed by atoms with Crippen molar-refractivity contribution in [3.8, 4) is 0 Å². The predicted octanol–water partition coefficient (Wildman–Crippen LogP) is 4.62. The number of nitrogens with one attached hydrogen (secondary N) is 1. The third kappa shape index (κ3) is 3.66. The molecular weight excluding hydrogens is 430 g/mol. The van der Waals surface area contributed by atoms with Gasteiger partial charge in [0.05, 0.1) is 9.22 Å². The van der Waals surface area contributed by atoms with Crippen LogP contribution in [0.4, 0.5) is 18.9 Å². The first-order valence-electron chi connectivity index (χ1n) is 8.05. The van der Waals surface area contributed by atoms with Crippen LogP contribution < -0.4 is 5.32 Å². The van der Waals surface area contributed by atoms with Crippen molar-refractivity contribution in [1.82, 2.24) is 9.47 Å². The highest BCUT2D eigenvalue weighted by Gasteiger charge is 2.30. The van der Waals surface area contributed by atoms with E-state index in [-0.39, 0.29) is 0 Å². The van der Waals surface area contributed by atoms with Crippen LogP contribution in [-0.4, -0.2) is 41.8 Å². The molecule has 7 heteroatoms. The van der Waals surface area contributed by atoms with Gasteiger partial charge in [0.2, 0.25) is 0 Å². The number of aromatic nitrogens is 1. The lowest BCUT2D eigenvalue weighted by Crippen LogP contribution is -2.36. The number of aryl methyl sites for hydroxylation is 1. The van der Waals surface area contributed by atoms with Gasteiger partial charge >= 0.3 is 6.18 Å². The van der Waals surface area contributed by atoms with Crippen LogP contribution >= 0.6 is 22.6 Å². The topological polar surface area (TPSA) is 20.2 Å². The fraction of sp³-hybridized carbons (Fsp3) is 0.529. The summed E-state index contributed by atoms with van der Waals surface area (Å²) in [5, 5.41) is 4.47. The lowest BCUT2D eigenvalue weighted by Gasteiger charge is -2.30. The molecule has 0 amide bonds. The van der Waals surface area contributed by atoms with Crippen molar-refractivity contribution < 1.29 is 13.2 Å². The molecule has 0 bridgehead atoms. The fourth-order valence-electron chi connectivity index (χ4n) is 3.40. The summed E-state index contributed by atoms with van der Waals surface area (Å²) in [6.45, 7) is 3.03. The van der Waals surface area contributed by atoms with Gasteiger partial charge in [0.1, 0.15) is 6.54 Å². The highest BCUT2D eigenvalue weighted by Crippen LogP contribution is 2.35. The van der Waals surface area contributed by atoms with E-state index in [9.17, 15) is 13.2 Å². The van der Waals surface area contributed by atoms with Crippen LogP contribution in [0.2, 0.25) is 0 Å². The van der Waals surface area contributed by atoms with Crippen molar-refractivity contribution in [3.63, 3.8) is 0 Å². The number of likely N-dealkylation sites (tertiary alicyclic amines) is 1. The molecule has 132 valence electrons. The molecule has 0 radical (unpaired) electrons. The summed E-state index contributed by atoms with van der Waals surface area (Å²) in [6, 6.07) is 5.95. The lowest BCUT2D eigenvalue weighted by molar-refractivity contribution is -0.140. The number of anilines is 1. The average Bonchev–Trinajstić information content (AvgIpc) is 2.74. The molecule has 2 aromatic rings. The predicted molar refractivity (Wildman–Crippen MR) is 99.6 cm³/mol. The van der Waals surface area contributed by atoms with E-state index >= 15 is 0 Å².